The minimum absolute atomic E-state index is 0.635. The molecule has 1 saturated carbocycles. The third-order valence-corrected chi connectivity index (χ3v) is 5.09. The summed E-state index contributed by atoms with van der Waals surface area (Å²) in [6.45, 7) is 2.05. The molecule has 1 aliphatic carbocycles. The molecule has 2 heterocycles. The first kappa shape index (κ1) is 13.9. The Morgan fingerprint density at radius 1 is 1.23 bits per heavy atom. The van der Waals surface area contributed by atoms with Crippen LogP contribution in [0.5, 0.6) is 0 Å². The number of nitrogens with zero attached hydrogens (tertiary/aromatic N) is 3. The highest BCUT2D eigenvalue weighted by molar-refractivity contribution is 7.71. The maximum atomic E-state index is 5.38. The van der Waals surface area contributed by atoms with E-state index in [4.69, 9.17) is 12.2 Å². The van der Waals surface area contributed by atoms with E-state index in [1.54, 1.807) is 0 Å². The molecule has 2 bridgehead atoms. The fourth-order valence-corrected chi connectivity index (χ4v) is 3.87. The highest BCUT2D eigenvalue weighted by atomic mass is 32.1. The van der Waals surface area contributed by atoms with Crippen LogP contribution in [0.2, 0.25) is 0 Å². The molecule has 2 aromatic rings. The van der Waals surface area contributed by atoms with Gasteiger partial charge < -0.3 is 0 Å². The van der Waals surface area contributed by atoms with E-state index in [-0.39, 0.29) is 0 Å². The number of H-pyrrole nitrogens is 1. The van der Waals surface area contributed by atoms with Gasteiger partial charge in [0.05, 0.1) is 6.67 Å². The van der Waals surface area contributed by atoms with Crippen molar-refractivity contribution in [1.29, 1.82) is 0 Å². The van der Waals surface area contributed by atoms with Gasteiger partial charge in [0.2, 0.25) is 4.77 Å². The van der Waals surface area contributed by atoms with Gasteiger partial charge in [-0.1, -0.05) is 36.4 Å². The van der Waals surface area contributed by atoms with Crippen LogP contribution in [0.25, 0.3) is 12.2 Å². The highest BCUT2D eigenvalue weighted by Gasteiger charge is 2.37. The van der Waals surface area contributed by atoms with E-state index in [9.17, 15) is 0 Å². The SMILES string of the molecule is S=c1nc(/C=C/c2ccccc2)[nH]n1CN1CC2CCC1C2. The minimum atomic E-state index is 0.635. The van der Waals surface area contributed by atoms with Gasteiger partial charge in [-0.15, -0.1) is 0 Å². The number of fused-ring (bicyclic) bond motifs is 2. The standard InChI is InChI=1S/C17H20N4S/c22-17-18-16(9-7-13-4-2-1-3-5-13)19-21(17)12-20-11-14-6-8-15(20)10-14/h1-5,7,9,14-15H,6,8,10-12H2,(H,18,19,22)/b9-7+. The largest absolute Gasteiger partial charge is 0.281 e. The summed E-state index contributed by atoms with van der Waals surface area (Å²) in [5, 5.41) is 3.31. The normalized spacial score (nSPS) is 24.5. The molecule has 2 fully saturated rings. The number of benzene rings is 1. The molecule has 1 aromatic heterocycles. The lowest BCUT2D eigenvalue weighted by Crippen LogP contribution is -2.34. The van der Waals surface area contributed by atoms with Gasteiger partial charge in [-0.3, -0.25) is 10.00 Å². The Hall–Kier alpha value is -1.72. The number of rotatable bonds is 4. The van der Waals surface area contributed by atoms with Crippen LogP contribution in [0.4, 0.5) is 0 Å². The summed E-state index contributed by atoms with van der Waals surface area (Å²) in [4.78, 5) is 6.97. The fourth-order valence-electron chi connectivity index (χ4n) is 3.67. The number of aromatic nitrogens is 3. The summed E-state index contributed by atoms with van der Waals surface area (Å²) < 4.78 is 2.62. The van der Waals surface area contributed by atoms with Gasteiger partial charge in [0.15, 0.2) is 0 Å². The quantitative estimate of drug-likeness (QED) is 0.877. The lowest BCUT2D eigenvalue weighted by Gasteiger charge is -2.26. The Morgan fingerprint density at radius 3 is 2.82 bits per heavy atom. The van der Waals surface area contributed by atoms with Crippen molar-refractivity contribution in [2.24, 2.45) is 5.92 Å². The topological polar surface area (TPSA) is 36.9 Å². The van der Waals surface area contributed by atoms with Crippen LogP contribution in [0.15, 0.2) is 30.3 Å². The molecule has 114 valence electrons. The molecule has 2 atom stereocenters. The monoisotopic (exact) mass is 312 g/mol. The van der Waals surface area contributed by atoms with Crippen LogP contribution in [0, 0.1) is 10.7 Å². The number of hydrogen-bond donors (Lipinski definition) is 1. The number of nitrogens with one attached hydrogen (secondary N) is 1. The molecular formula is C17H20N4S. The number of piperidine rings is 1. The molecule has 22 heavy (non-hydrogen) atoms. The number of likely N-dealkylation sites (tertiary alicyclic amines) is 1. The molecule has 2 unspecified atom stereocenters. The van der Waals surface area contributed by atoms with E-state index in [2.05, 4.69) is 33.2 Å². The van der Waals surface area contributed by atoms with E-state index in [1.807, 2.05) is 29.0 Å². The first-order valence-corrected chi connectivity index (χ1v) is 8.33. The second kappa shape index (κ2) is 5.82. The smallest absolute Gasteiger partial charge is 0.217 e. The predicted octanol–water partition coefficient (Wildman–Crippen LogP) is 3.55. The molecule has 0 radical (unpaired) electrons. The van der Waals surface area contributed by atoms with Crippen LogP contribution < -0.4 is 0 Å². The predicted molar refractivity (Wildman–Crippen MR) is 90.6 cm³/mol. The Kier molecular flexibility index (Phi) is 3.68. The van der Waals surface area contributed by atoms with Crippen molar-refractivity contribution in [3.05, 3.63) is 46.5 Å². The van der Waals surface area contributed by atoms with Crippen LogP contribution in [-0.2, 0) is 6.67 Å². The van der Waals surface area contributed by atoms with E-state index in [1.165, 1.54) is 25.8 Å². The van der Waals surface area contributed by atoms with Crippen molar-refractivity contribution < 1.29 is 0 Å². The van der Waals surface area contributed by atoms with Gasteiger partial charge in [0.25, 0.3) is 0 Å². The van der Waals surface area contributed by atoms with Gasteiger partial charge in [-0.05, 0) is 49.0 Å². The van der Waals surface area contributed by atoms with Crippen LogP contribution in [-0.4, -0.2) is 32.3 Å². The van der Waals surface area contributed by atoms with E-state index in [0.29, 0.717) is 4.77 Å². The molecule has 5 heteroatoms. The molecule has 0 spiro atoms. The van der Waals surface area contributed by atoms with Crippen molar-refractivity contribution in [2.45, 2.75) is 32.0 Å². The molecule has 2 aliphatic rings. The lowest BCUT2D eigenvalue weighted by molar-refractivity contribution is 0.158. The average molecular weight is 312 g/mol. The number of hydrogen-bond acceptors (Lipinski definition) is 3. The van der Waals surface area contributed by atoms with Crippen molar-refractivity contribution in [1.82, 2.24) is 19.7 Å². The zero-order chi connectivity index (χ0) is 14.9. The Balaban J connectivity index is 1.47. The van der Waals surface area contributed by atoms with Gasteiger partial charge >= 0.3 is 0 Å². The zero-order valence-corrected chi connectivity index (χ0v) is 13.3. The minimum Gasteiger partial charge on any atom is -0.281 e. The molecule has 1 aromatic carbocycles. The zero-order valence-electron chi connectivity index (χ0n) is 12.5. The summed E-state index contributed by atoms with van der Waals surface area (Å²) in [7, 11) is 0. The van der Waals surface area contributed by atoms with Gasteiger partial charge in [-0.2, -0.15) is 4.98 Å². The van der Waals surface area contributed by atoms with Crippen molar-refractivity contribution >= 4 is 24.4 Å². The summed E-state index contributed by atoms with van der Waals surface area (Å²) in [6.07, 6.45) is 8.14. The number of aromatic amines is 1. The van der Waals surface area contributed by atoms with E-state index >= 15 is 0 Å². The summed E-state index contributed by atoms with van der Waals surface area (Å²) in [6, 6.07) is 11.0. The second-order valence-electron chi connectivity index (χ2n) is 6.31. The molecule has 1 saturated heterocycles. The molecule has 1 aliphatic heterocycles. The first-order chi connectivity index (χ1) is 10.8. The maximum absolute atomic E-state index is 5.38. The van der Waals surface area contributed by atoms with Gasteiger partial charge in [0.1, 0.15) is 5.82 Å². The average Bonchev–Trinajstić information content (AvgIpc) is 3.23. The second-order valence-corrected chi connectivity index (χ2v) is 6.67. The lowest BCUT2D eigenvalue weighted by atomic mass is 10.1. The summed E-state index contributed by atoms with van der Waals surface area (Å²) >= 11 is 5.38. The van der Waals surface area contributed by atoms with Crippen LogP contribution in [0.3, 0.4) is 0 Å². The van der Waals surface area contributed by atoms with E-state index < -0.39 is 0 Å². The van der Waals surface area contributed by atoms with E-state index in [0.717, 1.165) is 30.0 Å². The van der Waals surface area contributed by atoms with Gasteiger partial charge in [-0.25, -0.2) is 4.68 Å². The van der Waals surface area contributed by atoms with Crippen molar-refractivity contribution in [3.8, 4) is 0 Å². The first-order valence-electron chi connectivity index (χ1n) is 7.92. The third-order valence-electron chi connectivity index (χ3n) is 4.78. The van der Waals surface area contributed by atoms with Gasteiger partial charge in [0, 0.05) is 12.6 Å². The molecule has 0 amide bonds. The summed E-state index contributed by atoms with van der Waals surface area (Å²) in [5.74, 6) is 1.72. The molecule has 4 rings (SSSR count). The van der Waals surface area contributed by atoms with Crippen LogP contribution in [0.1, 0.15) is 30.7 Å². The summed E-state index contributed by atoms with van der Waals surface area (Å²) in [5.41, 5.74) is 1.16. The van der Waals surface area contributed by atoms with Crippen molar-refractivity contribution in [2.75, 3.05) is 6.54 Å². The third kappa shape index (κ3) is 2.78. The Bertz CT molecular complexity index is 731. The molecule has 1 N–H and O–H groups in total. The van der Waals surface area contributed by atoms with Crippen LogP contribution >= 0.6 is 12.2 Å². The fraction of sp³-hybridized carbons (Fsp3) is 0.412. The Labute approximate surface area is 135 Å². The highest BCUT2D eigenvalue weighted by Crippen LogP contribution is 2.37. The maximum Gasteiger partial charge on any atom is 0.217 e. The molecular weight excluding hydrogens is 292 g/mol. The Morgan fingerprint density at radius 2 is 2.09 bits per heavy atom. The van der Waals surface area contributed by atoms with Crippen molar-refractivity contribution in [3.63, 3.8) is 0 Å². The molecule has 4 nitrogen and oxygen atoms in total.